The number of urea groups is 1. The fourth-order valence-electron chi connectivity index (χ4n) is 3.03. The van der Waals surface area contributed by atoms with Gasteiger partial charge >= 0.3 is 6.03 Å². The van der Waals surface area contributed by atoms with Gasteiger partial charge in [-0.3, -0.25) is 9.69 Å². The molecule has 0 saturated carbocycles. The Hall–Kier alpha value is -2.27. The third-order valence-corrected chi connectivity index (χ3v) is 6.89. The van der Waals surface area contributed by atoms with Crippen molar-refractivity contribution in [3.63, 3.8) is 0 Å². The second kappa shape index (κ2) is 8.10. The van der Waals surface area contributed by atoms with Crippen LogP contribution >= 0.6 is 46.1 Å². The summed E-state index contributed by atoms with van der Waals surface area (Å²) in [7, 11) is 3.38. The van der Waals surface area contributed by atoms with Crippen LogP contribution in [0.15, 0.2) is 17.5 Å². The molecule has 0 atom stereocenters. The van der Waals surface area contributed by atoms with E-state index in [1.165, 1.54) is 39.9 Å². The van der Waals surface area contributed by atoms with Crippen LogP contribution in [0, 0.1) is 5.82 Å². The van der Waals surface area contributed by atoms with Gasteiger partial charge in [0.2, 0.25) is 5.91 Å². The molecule has 3 aromatic rings. The molecule has 1 aromatic carbocycles. The van der Waals surface area contributed by atoms with E-state index in [0.717, 1.165) is 10.6 Å². The molecule has 7 nitrogen and oxygen atoms in total. The van der Waals surface area contributed by atoms with Crippen LogP contribution in [-0.2, 0) is 17.8 Å². The van der Waals surface area contributed by atoms with E-state index in [1.807, 2.05) is 0 Å². The van der Waals surface area contributed by atoms with Crippen molar-refractivity contribution in [3.8, 4) is 11.3 Å². The van der Waals surface area contributed by atoms with E-state index < -0.39 is 5.82 Å². The van der Waals surface area contributed by atoms with Crippen molar-refractivity contribution in [2.45, 2.75) is 13.0 Å². The summed E-state index contributed by atoms with van der Waals surface area (Å²) in [6.45, 7) is 0.402. The quantitative estimate of drug-likeness (QED) is 0.533. The Bertz CT molecular complexity index is 1170. The van der Waals surface area contributed by atoms with Gasteiger partial charge in [0, 0.05) is 30.6 Å². The SMILES string of the molecule is CN1Cc2c(CC(=O)Nc3nc(-c4cc(F)c(Cl)cc4Cl)cs3)nsc2N(C)C1=O. The molecule has 0 saturated heterocycles. The van der Waals surface area contributed by atoms with Crippen molar-refractivity contribution in [2.24, 2.45) is 0 Å². The Balaban J connectivity index is 1.49. The van der Waals surface area contributed by atoms with Gasteiger partial charge in [-0.2, -0.15) is 4.37 Å². The number of hydrogen-bond donors (Lipinski definition) is 1. The third kappa shape index (κ3) is 3.87. The number of hydrogen-bond acceptors (Lipinski definition) is 6. The van der Waals surface area contributed by atoms with Gasteiger partial charge < -0.3 is 10.2 Å². The molecule has 0 fully saturated rings. The van der Waals surface area contributed by atoms with Crippen molar-refractivity contribution >= 4 is 68.1 Å². The molecule has 1 aliphatic heterocycles. The van der Waals surface area contributed by atoms with E-state index in [9.17, 15) is 14.0 Å². The highest BCUT2D eigenvalue weighted by molar-refractivity contribution is 7.14. The molecule has 30 heavy (non-hydrogen) atoms. The van der Waals surface area contributed by atoms with Gasteiger partial charge in [-0.25, -0.2) is 14.2 Å². The Morgan fingerprint density at radius 2 is 2.07 bits per heavy atom. The molecule has 12 heteroatoms. The average molecular weight is 486 g/mol. The number of anilines is 2. The summed E-state index contributed by atoms with van der Waals surface area (Å²) in [6.07, 6.45) is 0.0486. The maximum atomic E-state index is 13.8. The van der Waals surface area contributed by atoms with Crippen LogP contribution in [0.25, 0.3) is 11.3 Å². The van der Waals surface area contributed by atoms with E-state index in [2.05, 4.69) is 14.7 Å². The highest BCUT2D eigenvalue weighted by Crippen LogP contribution is 2.35. The molecule has 0 spiro atoms. The summed E-state index contributed by atoms with van der Waals surface area (Å²) in [6, 6.07) is 2.41. The van der Waals surface area contributed by atoms with Gasteiger partial charge in [0.1, 0.15) is 10.8 Å². The van der Waals surface area contributed by atoms with E-state index >= 15 is 0 Å². The second-order valence-corrected chi connectivity index (χ2v) is 9.04. The molecule has 0 bridgehead atoms. The number of benzene rings is 1. The van der Waals surface area contributed by atoms with Crippen LogP contribution in [-0.4, -0.2) is 40.3 Å². The molecule has 1 aliphatic rings. The molecule has 4 rings (SSSR count). The number of nitrogens with one attached hydrogen (secondary N) is 1. The Labute approximate surface area is 189 Å². The van der Waals surface area contributed by atoms with Gasteiger partial charge in [-0.15, -0.1) is 11.3 Å². The number of carbonyl (C=O) groups is 2. The molecule has 2 aromatic heterocycles. The van der Waals surface area contributed by atoms with Gasteiger partial charge in [0.05, 0.1) is 34.4 Å². The first kappa shape index (κ1) is 21.0. The molecule has 0 radical (unpaired) electrons. The van der Waals surface area contributed by atoms with E-state index in [-0.39, 0.29) is 28.4 Å². The van der Waals surface area contributed by atoms with Crippen molar-refractivity contribution < 1.29 is 14.0 Å². The van der Waals surface area contributed by atoms with Crippen molar-refractivity contribution in [1.29, 1.82) is 0 Å². The van der Waals surface area contributed by atoms with Gasteiger partial charge in [0.15, 0.2) is 5.13 Å². The van der Waals surface area contributed by atoms with Gasteiger partial charge in [-0.05, 0) is 23.7 Å². The van der Waals surface area contributed by atoms with Crippen LogP contribution in [0.2, 0.25) is 10.0 Å². The van der Waals surface area contributed by atoms with Crippen molar-refractivity contribution in [2.75, 3.05) is 24.3 Å². The molecular weight excluding hydrogens is 472 g/mol. The molecule has 3 amide bonds. The number of halogens is 3. The summed E-state index contributed by atoms with van der Waals surface area (Å²) < 4.78 is 18.1. The minimum Gasteiger partial charge on any atom is -0.323 e. The minimum absolute atomic E-state index is 0.0486. The Kier molecular flexibility index (Phi) is 5.67. The first-order valence-electron chi connectivity index (χ1n) is 8.61. The number of thiazole rings is 1. The number of carbonyl (C=O) groups excluding carboxylic acids is 2. The highest BCUT2D eigenvalue weighted by atomic mass is 35.5. The molecule has 0 unspecified atom stereocenters. The van der Waals surface area contributed by atoms with Crippen LogP contribution < -0.4 is 10.2 Å². The largest absolute Gasteiger partial charge is 0.324 e. The predicted octanol–water partition coefficient (Wildman–Crippen LogP) is 4.90. The van der Waals surface area contributed by atoms with Crippen LogP contribution in [0.4, 0.5) is 19.3 Å². The Morgan fingerprint density at radius 3 is 2.83 bits per heavy atom. The number of nitrogens with zero attached hydrogens (tertiary/aromatic N) is 4. The first-order valence-corrected chi connectivity index (χ1v) is 11.0. The van der Waals surface area contributed by atoms with Crippen LogP contribution in [0.3, 0.4) is 0 Å². The summed E-state index contributed by atoms with van der Waals surface area (Å²) >= 11 is 14.3. The number of amides is 3. The molecule has 1 N–H and O–H groups in total. The lowest BCUT2D eigenvalue weighted by Gasteiger charge is -2.30. The summed E-state index contributed by atoms with van der Waals surface area (Å²) in [4.78, 5) is 32.0. The fourth-order valence-corrected chi connectivity index (χ4v) is 5.10. The fraction of sp³-hybridized carbons (Fsp3) is 0.222. The minimum atomic E-state index is -0.601. The number of fused-ring (bicyclic) bond motifs is 1. The number of rotatable bonds is 4. The second-order valence-electron chi connectivity index (χ2n) is 6.62. The topological polar surface area (TPSA) is 78.4 Å². The van der Waals surface area contributed by atoms with Crippen molar-refractivity contribution in [1.82, 2.24) is 14.3 Å². The predicted molar refractivity (Wildman–Crippen MR) is 117 cm³/mol. The summed E-state index contributed by atoms with van der Waals surface area (Å²) in [5.74, 6) is -0.893. The smallest absolute Gasteiger partial charge is 0.323 e. The van der Waals surface area contributed by atoms with Crippen molar-refractivity contribution in [3.05, 3.63) is 44.6 Å². The van der Waals surface area contributed by atoms with Gasteiger partial charge in [0.25, 0.3) is 0 Å². The van der Waals surface area contributed by atoms with E-state index in [4.69, 9.17) is 23.2 Å². The first-order chi connectivity index (χ1) is 14.2. The lowest BCUT2D eigenvalue weighted by molar-refractivity contribution is -0.115. The summed E-state index contributed by atoms with van der Waals surface area (Å²) in [5, 5.41) is 5.70. The zero-order valence-corrected chi connectivity index (χ0v) is 18.8. The third-order valence-electron chi connectivity index (χ3n) is 4.53. The molecule has 0 aliphatic carbocycles. The standard InChI is InChI=1S/C18H14Cl2FN5O2S2/c1-25-6-9-13(24-30-16(9)26(2)18(25)28)5-15(27)23-17-22-14(7-29-17)8-3-12(21)11(20)4-10(8)19/h3-4,7H,5-6H2,1-2H3,(H,22,23,27). The normalized spacial score (nSPS) is 13.6. The number of aromatic nitrogens is 2. The Morgan fingerprint density at radius 1 is 1.30 bits per heavy atom. The molecule has 3 heterocycles. The lowest BCUT2D eigenvalue weighted by Crippen LogP contribution is -2.42. The maximum Gasteiger partial charge on any atom is 0.324 e. The van der Waals surface area contributed by atoms with E-state index in [1.54, 1.807) is 24.4 Å². The molecular formula is C18H14Cl2FN5O2S2. The average Bonchev–Trinajstić information content (AvgIpc) is 3.30. The zero-order valence-electron chi connectivity index (χ0n) is 15.7. The maximum absolute atomic E-state index is 13.8. The van der Waals surface area contributed by atoms with Crippen LogP contribution in [0.1, 0.15) is 11.3 Å². The van der Waals surface area contributed by atoms with Crippen LogP contribution in [0.5, 0.6) is 0 Å². The van der Waals surface area contributed by atoms with E-state index in [0.29, 0.717) is 28.6 Å². The monoisotopic (exact) mass is 485 g/mol. The highest BCUT2D eigenvalue weighted by Gasteiger charge is 2.30. The zero-order chi connectivity index (χ0) is 21.6. The molecule has 156 valence electrons. The summed E-state index contributed by atoms with van der Waals surface area (Å²) in [5.41, 5.74) is 2.31. The lowest BCUT2D eigenvalue weighted by atomic mass is 10.1. The van der Waals surface area contributed by atoms with Gasteiger partial charge in [-0.1, -0.05) is 23.2 Å².